The minimum absolute atomic E-state index is 0.111. The molecule has 0 unspecified atom stereocenters. The molecule has 0 atom stereocenters. The summed E-state index contributed by atoms with van der Waals surface area (Å²) in [5, 5.41) is 7.16. The molecule has 0 spiro atoms. The van der Waals surface area contributed by atoms with Gasteiger partial charge in [-0.2, -0.15) is 5.10 Å². The van der Waals surface area contributed by atoms with E-state index in [9.17, 15) is 18.4 Å². The third kappa shape index (κ3) is 3.95. The average Bonchev–Trinajstić information content (AvgIpc) is 3.17. The molecule has 0 radical (unpaired) electrons. The van der Waals surface area contributed by atoms with Gasteiger partial charge in [0, 0.05) is 36.1 Å². The normalized spacial score (nSPS) is 11.0. The molecule has 152 valence electrons. The first-order chi connectivity index (χ1) is 14.4. The molecule has 0 fully saturated rings. The van der Waals surface area contributed by atoms with Crippen LogP contribution < -0.4 is 10.9 Å². The van der Waals surface area contributed by atoms with Crippen LogP contribution in [0, 0.1) is 11.6 Å². The van der Waals surface area contributed by atoms with Crippen LogP contribution in [0.25, 0.3) is 16.8 Å². The van der Waals surface area contributed by atoms with Crippen molar-refractivity contribution >= 4 is 23.0 Å². The van der Waals surface area contributed by atoms with E-state index in [0.29, 0.717) is 16.8 Å². The van der Waals surface area contributed by atoms with E-state index in [1.54, 1.807) is 30.6 Å². The van der Waals surface area contributed by atoms with Gasteiger partial charge in [-0.1, -0.05) is 11.6 Å². The van der Waals surface area contributed by atoms with E-state index in [-0.39, 0.29) is 35.1 Å². The van der Waals surface area contributed by atoms with E-state index in [1.807, 2.05) is 0 Å². The van der Waals surface area contributed by atoms with Crippen LogP contribution in [0.4, 0.5) is 8.78 Å². The largest absolute Gasteiger partial charge is 0.350 e. The van der Waals surface area contributed by atoms with Gasteiger partial charge in [0.2, 0.25) is 0 Å². The molecule has 4 rings (SSSR count). The lowest BCUT2D eigenvalue weighted by molar-refractivity contribution is 0.0948. The maximum atomic E-state index is 13.8. The molecule has 0 saturated heterocycles. The zero-order chi connectivity index (χ0) is 21.3. The molecule has 4 aromatic rings. The summed E-state index contributed by atoms with van der Waals surface area (Å²) in [5.74, 6) is -1.65. The predicted molar refractivity (Wildman–Crippen MR) is 109 cm³/mol. The fourth-order valence-electron chi connectivity index (χ4n) is 3.02. The molecule has 2 aromatic carbocycles. The molecular weight excluding hydrogens is 414 g/mol. The van der Waals surface area contributed by atoms with Crippen molar-refractivity contribution in [3.63, 3.8) is 0 Å². The van der Waals surface area contributed by atoms with Gasteiger partial charge in [-0.3, -0.25) is 9.59 Å². The Morgan fingerprint density at radius 3 is 2.60 bits per heavy atom. The fourth-order valence-corrected chi connectivity index (χ4v) is 3.19. The number of carbonyl (C=O) groups excluding carboxylic acids is 1. The predicted octanol–water partition coefficient (Wildman–Crippen LogP) is 3.52. The molecular formula is C21H15ClF2N4O2. The third-order valence-corrected chi connectivity index (χ3v) is 4.79. The van der Waals surface area contributed by atoms with Gasteiger partial charge in [0.1, 0.15) is 17.2 Å². The Labute approximate surface area is 174 Å². The molecule has 0 bridgehead atoms. The van der Waals surface area contributed by atoms with Gasteiger partial charge in [0.05, 0.1) is 11.3 Å². The lowest BCUT2D eigenvalue weighted by atomic mass is 10.1. The van der Waals surface area contributed by atoms with Crippen molar-refractivity contribution in [2.75, 3.05) is 6.54 Å². The second kappa shape index (κ2) is 8.08. The van der Waals surface area contributed by atoms with Crippen molar-refractivity contribution in [2.24, 2.45) is 0 Å². The number of halogens is 3. The number of nitrogens with one attached hydrogen (secondary N) is 1. The maximum Gasteiger partial charge on any atom is 0.276 e. The van der Waals surface area contributed by atoms with Crippen LogP contribution in [0.15, 0.2) is 65.7 Å². The standard InChI is InChI=1S/C21H15ClF2N4O2/c22-14-3-6-17(24)16(11-14)20(29)25-7-8-27-9-10-28-19(21(27)30)12-18(26-28)13-1-4-15(23)5-2-13/h1-6,9-12H,7-8H2,(H,25,29). The van der Waals surface area contributed by atoms with Gasteiger partial charge in [0.15, 0.2) is 0 Å². The van der Waals surface area contributed by atoms with Crippen molar-refractivity contribution in [1.82, 2.24) is 19.5 Å². The Kier molecular flexibility index (Phi) is 5.33. The van der Waals surface area contributed by atoms with Crippen LogP contribution in [-0.2, 0) is 6.54 Å². The number of benzene rings is 2. The average molecular weight is 429 g/mol. The number of nitrogens with zero attached hydrogens (tertiary/aromatic N) is 3. The molecule has 30 heavy (non-hydrogen) atoms. The number of aromatic nitrogens is 3. The van der Waals surface area contributed by atoms with Gasteiger partial charge >= 0.3 is 0 Å². The van der Waals surface area contributed by atoms with Crippen molar-refractivity contribution in [2.45, 2.75) is 6.54 Å². The van der Waals surface area contributed by atoms with E-state index < -0.39 is 11.7 Å². The van der Waals surface area contributed by atoms with E-state index in [1.165, 1.54) is 33.3 Å². The molecule has 9 heteroatoms. The van der Waals surface area contributed by atoms with Crippen molar-refractivity contribution in [1.29, 1.82) is 0 Å². The molecule has 6 nitrogen and oxygen atoms in total. The highest BCUT2D eigenvalue weighted by Gasteiger charge is 2.13. The Hall–Kier alpha value is -3.52. The quantitative estimate of drug-likeness (QED) is 0.529. The van der Waals surface area contributed by atoms with E-state index in [4.69, 9.17) is 11.6 Å². The molecule has 1 N–H and O–H groups in total. The fraction of sp³-hybridized carbons (Fsp3) is 0.0952. The molecule has 1 amide bonds. The number of hydrogen-bond donors (Lipinski definition) is 1. The molecule has 0 saturated carbocycles. The highest BCUT2D eigenvalue weighted by Crippen LogP contribution is 2.19. The van der Waals surface area contributed by atoms with Crippen LogP contribution in [-0.4, -0.2) is 26.6 Å². The van der Waals surface area contributed by atoms with Crippen molar-refractivity contribution < 1.29 is 13.6 Å². The monoisotopic (exact) mass is 428 g/mol. The highest BCUT2D eigenvalue weighted by molar-refractivity contribution is 6.31. The number of carbonyl (C=O) groups is 1. The van der Waals surface area contributed by atoms with E-state index in [0.717, 1.165) is 6.07 Å². The van der Waals surface area contributed by atoms with Crippen LogP contribution in [0.5, 0.6) is 0 Å². The summed E-state index contributed by atoms with van der Waals surface area (Å²) < 4.78 is 29.7. The first-order valence-electron chi connectivity index (χ1n) is 9.00. The van der Waals surface area contributed by atoms with Crippen molar-refractivity contribution in [3.8, 4) is 11.3 Å². The summed E-state index contributed by atoms with van der Waals surface area (Å²) in [7, 11) is 0. The zero-order valence-corrected chi connectivity index (χ0v) is 16.2. The molecule has 0 aliphatic carbocycles. The van der Waals surface area contributed by atoms with E-state index >= 15 is 0 Å². The minimum atomic E-state index is -0.678. The minimum Gasteiger partial charge on any atom is -0.350 e. The number of fused-ring (bicyclic) bond motifs is 1. The van der Waals surface area contributed by atoms with Crippen LogP contribution in [0.1, 0.15) is 10.4 Å². The summed E-state index contributed by atoms with van der Waals surface area (Å²) in [5.41, 5.74) is 1.09. The second-order valence-corrected chi connectivity index (χ2v) is 6.98. The van der Waals surface area contributed by atoms with Gasteiger partial charge in [-0.15, -0.1) is 0 Å². The Morgan fingerprint density at radius 1 is 1.07 bits per heavy atom. The molecule has 2 heterocycles. The smallest absolute Gasteiger partial charge is 0.276 e. The summed E-state index contributed by atoms with van der Waals surface area (Å²) >= 11 is 5.80. The zero-order valence-electron chi connectivity index (χ0n) is 15.5. The highest BCUT2D eigenvalue weighted by atomic mass is 35.5. The summed E-state index contributed by atoms with van der Waals surface area (Å²) in [4.78, 5) is 24.9. The second-order valence-electron chi connectivity index (χ2n) is 6.54. The number of amides is 1. The molecule has 2 aromatic heterocycles. The Morgan fingerprint density at radius 2 is 1.83 bits per heavy atom. The summed E-state index contributed by atoms with van der Waals surface area (Å²) in [6, 6.07) is 11.1. The maximum absolute atomic E-state index is 13.8. The van der Waals surface area contributed by atoms with Gasteiger partial charge in [0.25, 0.3) is 11.5 Å². The van der Waals surface area contributed by atoms with Crippen LogP contribution >= 0.6 is 11.6 Å². The Bertz CT molecular complexity index is 1300. The van der Waals surface area contributed by atoms with Crippen LogP contribution in [0.3, 0.4) is 0 Å². The number of hydrogen-bond acceptors (Lipinski definition) is 3. The molecule has 0 aliphatic rings. The van der Waals surface area contributed by atoms with Crippen LogP contribution in [0.2, 0.25) is 5.02 Å². The molecule has 0 aliphatic heterocycles. The first-order valence-corrected chi connectivity index (χ1v) is 9.38. The van der Waals surface area contributed by atoms with E-state index in [2.05, 4.69) is 10.4 Å². The van der Waals surface area contributed by atoms with Gasteiger partial charge < -0.3 is 9.88 Å². The first kappa shape index (κ1) is 19.8. The summed E-state index contributed by atoms with van der Waals surface area (Å²) in [6.45, 7) is 0.292. The van der Waals surface area contributed by atoms with Crippen molar-refractivity contribution in [3.05, 3.63) is 93.5 Å². The lowest BCUT2D eigenvalue weighted by Gasteiger charge is -2.08. The topological polar surface area (TPSA) is 68.4 Å². The lowest BCUT2D eigenvalue weighted by Crippen LogP contribution is -2.31. The third-order valence-electron chi connectivity index (χ3n) is 4.55. The van der Waals surface area contributed by atoms with Gasteiger partial charge in [-0.05, 0) is 48.5 Å². The van der Waals surface area contributed by atoms with Gasteiger partial charge in [-0.25, -0.2) is 13.3 Å². The summed E-state index contributed by atoms with van der Waals surface area (Å²) in [6.07, 6.45) is 3.16. The Balaban J connectivity index is 1.50. The SMILES string of the molecule is O=C(NCCn1ccn2nc(-c3ccc(F)cc3)cc2c1=O)c1cc(Cl)ccc1F. The number of rotatable bonds is 5.